The summed E-state index contributed by atoms with van der Waals surface area (Å²) in [5.74, 6) is 0.0308. The van der Waals surface area contributed by atoms with E-state index in [1.165, 1.54) is 0 Å². The SMILES string of the molecule is Cc1csc(C(C)(C)NC(=O)CCCN)n1.Cl.Cl. The summed E-state index contributed by atoms with van der Waals surface area (Å²) >= 11 is 1.57. The van der Waals surface area contributed by atoms with Crippen LogP contribution in [0.15, 0.2) is 5.38 Å². The standard InChI is InChI=1S/C11H19N3OS.2ClH/c1-8-7-16-10(13-8)11(2,3)14-9(15)5-4-6-12;;/h7H,4-6,12H2,1-3H3,(H,14,15);2*1H. The number of nitrogens with one attached hydrogen (secondary N) is 1. The summed E-state index contributed by atoms with van der Waals surface area (Å²) in [6.45, 7) is 6.42. The minimum absolute atomic E-state index is 0. The fraction of sp³-hybridized carbons (Fsp3) is 0.636. The van der Waals surface area contributed by atoms with Crippen molar-refractivity contribution in [2.45, 2.75) is 39.2 Å². The Morgan fingerprint density at radius 2 is 2.11 bits per heavy atom. The number of rotatable bonds is 5. The Labute approximate surface area is 125 Å². The van der Waals surface area contributed by atoms with Crippen molar-refractivity contribution in [3.05, 3.63) is 16.1 Å². The van der Waals surface area contributed by atoms with Gasteiger partial charge in [-0.05, 0) is 33.7 Å². The molecule has 0 atom stereocenters. The Morgan fingerprint density at radius 1 is 1.50 bits per heavy atom. The minimum Gasteiger partial charge on any atom is -0.345 e. The molecule has 0 aliphatic heterocycles. The number of carbonyl (C=O) groups excluding carboxylic acids is 1. The van der Waals surface area contributed by atoms with E-state index in [0.717, 1.165) is 17.1 Å². The molecular formula is C11H21Cl2N3OS. The zero-order valence-corrected chi connectivity index (χ0v) is 13.3. The molecule has 0 bridgehead atoms. The molecule has 18 heavy (non-hydrogen) atoms. The van der Waals surface area contributed by atoms with E-state index in [4.69, 9.17) is 5.73 Å². The van der Waals surface area contributed by atoms with E-state index < -0.39 is 5.54 Å². The van der Waals surface area contributed by atoms with Crippen molar-refractivity contribution in [3.63, 3.8) is 0 Å². The number of hydrogen-bond donors (Lipinski definition) is 2. The topological polar surface area (TPSA) is 68.0 Å². The Hall–Kier alpha value is -0.360. The van der Waals surface area contributed by atoms with Gasteiger partial charge in [0.25, 0.3) is 0 Å². The van der Waals surface area contributed by atoms with Crippen LogP contribution in [0.5, 0.6) is 0 Å². The fourth-order valence-corrected chi connectivity index (χ4v) is 2.25. The molecule has 1 amide bonds. The zero-order chi connectivity index (χ0) is 12.2. The van der Waals surface area contributed by atoms with Crippen molar-refractivity contribution < 1.29 is 4.79 Å². The van der Waals surface area contributed by atoms with Gasteiger partial charge in [-0.15, -0.1) is 36.2 Å². The van der Waals surface area contributed by atoms with Crippen LogP contribution in [-0.2, 0) is 10.3 Å². The lowest BCUT2D eigenvalue weighted by Gasteiger charge is -2.23. The van der Waals surface area contributed by atoms with Crippen LogP contribution >= 0.6 is 36.2 Å². The lowest BCUT2D eigenvalue weighted by molar-refractivity contribution is -0.122. The highest BCUT2D eigenvalue weighted by atomic mass is 35.5. The van der Waals surface area contributed by atoms with E-state index in [1.807, 2.05) is 26.2 Å². The second-order valence-corrected chi connectivity index (χ2v) is 5.22. The summed E-state index contributed by atoms with van der Waals surface area (Å²) in [4.78, 5) is 16.0. The second-order valence-electron chi connectivity index (χ2n) is 4.36. The summed E-state index contributed by atoms with van der Waals surface area (Å²) in [6.07, 6.45) is 1.20. The molecular weight excluding hydrogens is 293 g/mol. The first-order chi connectivity index (χ1) is 7.45. The molecule has 0 spiro atoms. The van der Waals surface area contributed by atoms with Crippen molar-refractivity contribution in [2.75, 3.05) is 6.54 Å². The van der Waals surface area contributed by atoms with Crippen LogP contribution in [-0.4, -0.2) is 17.4 Å². The van der Waals surface area contributed by atoms with Crippen LogP contribution in [0.2, 0.25) is 0 Å². The Bertz CT molecular complexity index is 369. The van der Waals surface area contributed by atoms with Gasteiger partial charge in [-0.1, -0.05) is 0 Å². The molecule has 1 aromatic rings. The number of thiazole rings is 1. The van der Waals surface area contributed by atoms with Crippen LogP contribution in [0.25, 0.3) is 0 Å². The van der Waals surface area contributed by atoms with Crippen molar-refractivity contribution >= 4 is 42.1 Å². The third kappa shape index (κ3) is 6.00. The third-order valence-corrected chi connectivity index (χ3v) is 3.50. The molecule has 0 radical (unpaired) electrons. The number of aromatic nitrogens is 1. The van der Waals surface area contributed by atoms with Crippen molar-refractivity contribution in [2.24, 2.45) is 5.73 Å². The van der Waals surface area contributed by atoms with Crippen LogP contribution in [0.3, 0.4) is 0 Å². The molecule has 1 aromatic heterocycles. The van der Waals surface area contributed by atoms with Gasteiger partial charge in [-0.25, -0.2) is 4.98 Å². The number of hydrogen-bond acceptors (Lipinski definition) is 4. The van der Waals surface area contributed by atoms with Gasteiger partial charge in [0.05, 0.1) is 5.54 Å². The monoisotopic (exact) mass is 313 g/mol. The maximum Gasteiger partial charge on any atom is 0.220 e. The summed E-state index contributed by atoms with van der Waals surface area (Å²) in [5, 5.41) is 5.90. The van der Waals surface area contributed by atoms with Crippen LogP contribution in [0, 0.1) is 6.92 Å². The largest absolute Gasteiger partial charge is 0.345 e. The number of nitrogens with zero attached hydrogens (tertiary/aromatic N) is 1. The normalized spacial score (nSPS) is 10.2. The molecule has 1 heterocycles. The van der Waals surface area contributed by atoms with Crippen molar-refractivity contribution in [3.8, 4) is 0 Å². The Morgan fingerprint density at radius 3 is 2.56 bits per heavy atom. The second kappa shape index (κ2) is 8.69. The van der Waals surface area contributed by atoms with Gasteiger partial charge in [-0.2, -0.15) is 0 Å². The predicted molar refractivity (Wildman–Crippen MR) is 80.8 cm³/mol. The van der Waals surface area contributed by atoms with E-state index in [0.29, 0.717) is 13.0 Å². The maximum atomic E-state index is 11.6. The van der Waals surface area contributed by atoms with Crippen molar-refractivity contribution in [1.29, 1.82) is 0 Å². The third-order valence-electron chi connectivity index (χ3n) is 2.21. The highest BCUT2D eigenvalue weighted by Gasteiger charge is 2.25. The molecule has 7 heteroatoms. The highest BCUT2D eigenvalue weighted by molar-refractivity contribution is 7.09. The van der Waals surface area contributed by atoms with E-state index in [1.54, 1.807) is 11.3 Å². The first kappa shape index (κ1) is 20.0. The van der Waals surface area contributed by atoms with Gasteiger partial charge >= 0.3 is 0 Å². The lowest BCUT2D eigenvalue weighted by Crippen LogP contribution is -2.41. The van der Waals surface area contributed by atoms with Gasteiger partial charge in [-0.3, -0.25) is 4.79 Å². The Kier molecular flexibility index (Phi) is 9.64. The zero-order valence-electron chi connectivity index (χ0n) is 10.9. The summed E-state index contributed by atoms with van der Waals surface area (Å²) in [6, 6.07) is 0. The summed E-state index contributed by atoms with van der Waals surface area (Å²) in [5.41, 5.74) is 5.96. The number of halogens is 2. The first-order valence-corrected chi connectivity index (χ1v) is 6.27. The van der Waals surface area contributed by atoms with E-state index >= 15 is 0 Å². The first-order valence-electron chi connectivity index (χ1n) is 5.39. The van der Waals surface area contributed by atoms with Crippen LogP contribution in [0.4, 0.5) is 0 Å². The predicted octanol–water partition coefficient (Wildman–Crippen LogP) is 2.39. The number of amides is 1. The van der Waals surface area contributed by atoms with Gasteiger partial charge in [0.2, 0.25) is 5.91 Å². The molecule has 3 N–H and O–H groups in total. The minimum atomic E-state index is -0.398. The molecule has 106 valence electrons. The van der Waals surface area contributed by atoms with E-state index in [2.05, 4.69) is 10.3 Å². The average Bonchev–Trinajstić information content (AvgIpc) is 2.62. The average molecular weight is 314 g/mol. The molecule has 0 fully saturated rings. The van der Waals surface area contributed by atoms with Gasteiger partial charge in [0, 0.05) is 17.5 Å². The van der Waals surface area contributed by atoms with Gasteiger partial charge in [0.15, 0.2) is 0 Å². The van der Waals surface area contributed by atoms with E-state index in [9.17, 15) is 4.79 Å². The Balaban J connectivity index is 0. The molecule has 0 aliphatic carbocycles. The quantitative estimate of drug-likeness (QED) is 0.877. The smallest absolute Gasteiger partial charge is 0.220 e. The molecule has 0 saturated heterocycles. The van der Waals surface area contributed by atoms with Gasteiger partial charge < -0.3 is 11.1 Å². The molecule has 0 aromatic carbocycles. The maximum absolute atomic E-state index is 11.6. The molecule has 4 nitrogen and oxygen atoms in total. The number of aryl methyl sites for hydroxylation is 1. The molecule has 0 saturated carbocycles. The molecule has 1 rings (SSSR count). The summed E-state index contributed by atoms with van der Waals surface area (Å²) < 4.78 is 0. The van der Waals surface area contributed by atoms with E-state index in [-0.39, 0.29) is 30.7 Å². The number of nitrogens with two attached hydrogens (primary N) is 1. The van der Waals surface area contributed by atoms with Gasteiger partial charge in [0.1, 0.15) is 5.01 Å². The highest BCUT2D eigenvalue weighted by Crippen LogP contribution is 2.23. The van der Waals surface area contributed by atoms with Crippen LogP contribution in [0.1, 0.15) is 37.4 Å². The summed E-state index contributed by atoms with van der Waals surface area (Å²) in [7, 11) is 0. The molecule has 0 aliphatic rings. The lowest BCUT2D eigenvalue weighted by atomic mass is 10.1. The fourth-order valence-electron chi connectivity index (χ4n) is 1.37. The van der Waals surface area contributed by atoms with Crippen molar-refractivity contribution in [1.82, 2.24) is 10.3 Å². The number of carbonyl (C=O) groups is 1. The van der Waals surface area contributed by atoms with Crippen LogP contribution < -0.4 is 11.1 Å². The molecule has 0 unspecified atom stereocenters.